The van der Waals surface area contributed by atoms with Gasteiger partial charge in [0, 0.05) is 0 Å². The van der Waals surface area contributed by atoms with Crippen molar-refractivity contribution in [3.05, 3.63) is 29.8 Å². The van der Waals surface area contributed by atoms with E-state index in [9.17, 15) is 8.78 Å². The van der Waals surface area contributed by atoms with Crippen molar-refractivity contribution in [1.29, 1.82) is 0 Å². The van der Waals surface area contributed by atoms with Crippen molar-refractivity contribution in [3.63, 3.8) is 0 Å². The van der Waals surface area contributed by atoms with Crippen molar-refractivity contribution < 1.29 is 29.9 Å². The molecule has 0 N–H and O–H groups in total. The molecule has 1 aromatic rings. The van der Waals surface area contributed by atoms with E-state index in [0.717, 1.165) is 18.6 Å². The van der Waals surface area contributed by atoms with Gasteiger partial charge in [0.05, 0.1) is 24.0 Å². The first-order chi connectivity index (χ1) is 6.75. The molecule has 1 aromatic carbocycles. The zero-order valence-corrected chi connectivity index (χ0v) is 12.4. The van der Waals surface area contributed by atoms with Gasteiger partial charge in [0.15, 0.2) is 0 Å². The fourth-order valence-corrected chi connectivity index (χ4v) is 0.775. The molecule has 0 saturated carbocycles. The predicted octanol–water partition coefficient (Wildman–Crippen LogP) is 3.40. The third-order valence-electron chi connectivity index (χ3n) is 1.30. The fraction of sp³-hybridized carbons (Fsp3) is 0.333. The summed E-state index contributed by atoms with van der Waals surface area (Å²) in [7, 11) is 0. The van der Waals surface area contributed by atoms with Gasteiger partial charge in [0.2, 0.25) is 0 Å². The molecule has 1 rings (SSSR count). The van der Waals surface area contributed by atoms with Crippen molar-refractivity contribution >= 4 is 13.6 Å². The second-order valence-corrected chi connectivity index (χ2v) is 2.33. The van der Waals surface area contributed by atoms with Gasteiger partial charge in [0.25, 0.3) is 0 Å². The van der Waals surface area contributed by atoms with E-state index in [4.69, 9.17) is 4.74 Å². The van der Waals surface area contributed by atoms with E-state index in [2.05, 4.69) is 19.7 Å². The molecule has 0 aromatic heterocycles. The summed E-state index contributed by atoms with van der Waals surface area (Å²) in [6, 6.07) is 4.42. The van der Waals surface area contributed by atoms with Crippen LogP contribution in [-0.4, -0.2) is 6.61 Å². The molecule has 0 bridgehead atoms. The molecule has 74 valence electrons. The van der Waals surface area contributed by atoms with E-state index in [1.807, 2.05) is 6.92 Å². The second kappa shape index (κ2) is 8.30. The molecule has 0 amide bonds. The molecular formula is C9H9BrF2OZn. The van der Waals surface area contributed by atoms with Gasteiger partial charge in [-0.1, -0.05) is 6.92 Å². The Bertz CT molecular complexity index is 251. The Kier molecular flexibility index (Phi) is 8.29. The van der Waals surface area contributed by atoms with Crippen LogP contribution in [0.1, 0.15) is 13.3 Å². The van der Waals surface area contributed by atoms with Crippen LogP contribution in [0.25, 0.3) is 0 Å². The molecule has 1 nitrogen and oxygen atoms in total. The Balaban J connectivity index is 0.000000791. The average molecular weight is 316 g/mol. The maximum absolute atomic E-state index is 12.8. The number of hydrogen-bond acceptors (Lipinski definition) is 1. The number of halogens is 3. The van der Waals surface area contributed by atoms with Crippen LogP contribution in [0.4, 0.5) is 8.78 Å². The van der Waals surface area contributed by atoms with Crippen molar-refractivity contribution in [2.75, 3.05) is 6.61 Å². The van der Waals surface area contributed by atoms with E-state index >= 15 is 0 Å². The summed E-state index contributed by atoms with van der Waals surface area (Å²) in [6.07, 6.45) is 0.720. The Morgan fingerprint density at radius 3 is 2.29 bits per heavy atom. The topological polar surface area (TPSA) is 9.23 Å². The summed E-state index contributed by atoms with van der Waals surface area (Å²) in [5, 5.41) is 0. The van der Waals surface area contributed by atoms with Gasteiger partial charge in [-0.25, -0.2) is 0 Å². The Hall–Kier alpha value is -0.0166. The van der Waals surface area contributed by atoms with Crippen LogP contribution in [0.15, 0.2) is 12.1 Å². The summed E-state index contributed by atoms with van der Waals surface area (Å²) in [5.74, 6) is -1.72. The minimum absolute atomic E-state index is 0.310. The molecule has 0 fully saturated rings. The normalized spacial score (nSPS) is 9.00. The van der Waals surface area contributed by atoms with Gasteiger partial charge in [-0.15, -0.1) is 12.1 Å². The number of benzene rings is 1. The van der Waals surface area contributed by atoms with E-state index in [1.165, 1.54) is 16.3 Å². The summed E-state index contributed by atoms with van der Waals surface area (Å²) < 4.78 is 30.4. The molecule has 0 aliphatic carbocycles. The summed E-state index contributed by atoms with van der Waals surface area (Å²) in [6.45, 7) is 2.18. The third kappa shape index (κ3) is 4.47. The van der Waals surface area contributed by atoms with Crippen molar-refractivity contribution in [1.82, 2.24) is 0 Å². The quantitative estimate of drug-likeness (QED) is 0.613. The van der Waals surface area contributed by atoms with Gasteiger partial charge in [-0.3, -0.25) is 8.78 Å². The number of rotatable bonds is 3. The van der Waals surface area contributed by atoms with Gasteiger partial charge in [0.1, 0.15) is 0 Å². The monoisotopic (exact) mass is 314 g/mol. The van der Waals surface area contributed by atoms with Crippen LogP contribution in [0.5, 0.6) is 5.75 Å². The van der Waals surface area contributed by atoms with Crippen LogP contribution >= 0.6 is 13.6 Å². The van der Waals surface area contributed by atoms with Crippen LogP contribution in [0, 0.1) is 17.7 Å². The molecule has 0 aliphatic heterocycles. The van der Waals surface area contributed by atoms with Crippen molar-refractivity contribution in [2.24, 2.45) is 0 Å². The second-order valence-electron chi connectivity index (χ2n) is 2.33. The molecular weight excluding hydrogens is 307 g/mol. The summed E-state index contributed by atoms with van der Waals surface area (Å²) in [5.41, 5.74) is 0. The zero-order valence-electron chi connectivity index (χ0n) is 7.82. The van der Waals surface area contributed by atoms with Crippen LogP contribution in [-0.2, 0) is 16.3 Å². The average Bonchev–Trinajstić information content (AvgIpc) is 2.20. The maximum atomic E-state index is 12.8. The number of hydrogen-bond donors (Lipinski definition) is 0. The molecule has 0 radical (unpaired) electrons. The first kappa shape index (κ1) is 14.0. The SMILES string of the molecule is CCCOc1c(F)c[c-]cc1F.[Zn+][Br]. The molecule has 0 atom stereocenters. The first-order valence-electron chi connectivity index (χ1n) is 4.00. The van der Waals surface area contributed by atoms with Crippen molar-refractivity contribution in [2.45, 2.75) is 13.3 Å². The van der Waals surface area contributed by atoms with Gasteiger partial charge < -0.3 is 4.74 Å². The molecule has 0 spiro atoms. The van der Waals surface area contributed by atoms with Crippen LogP contribution in [0.2, 0.25) is 0 Å². The predicted molar refractivity (Wildman–Crippen MR) is 49.9 cm³/mol. The summed E-state index contributed by atoms with van der Waals surface area (Å²) >= 11 is 4.25. The first-order valence-corrected chi connectivity index (χ1v) is 10.9. The zero-order chi connectivity index (χ0) is 11.0. The molecule has 0 unspecified atom stereocenters. The Labute approximate surface area is 98.9 Å². The minimum atomic E-state index is -0.705. The van der Waals surface area contributed by atoms with E-state index in [1.54, 1.807) is 0 Å². The molecule has 14 heavy (non-hydrogen) atoms. The molecule has 5 heteroatoms. The third-order valence-corrected chi connectivity index (χ3v) is 1.30. The van der Waals surface area contributed by atoms with Crippen molar-refractivity contribution in [3.8, 4) is 5.75 Å². The van der Waals surface area contributed by atoms with Crippen LogP contribution < -0.4 is 4.74 Å². The van der Waals surface area contributed by atoms with E-state index in [0.29, 0.717) is 6.61 Å². The van der Waals surface area contributed by atoms with Gasteiger partial charge in [-0.2, -0.15) is 6.07 Å². The Morgan fingerprint density at radius 2 is 1.86 bits per heavy atom. The van der Waals surface area contributed by atoms with Gasteiger partial charge >= 0.3 is 30.0 Å². The fourth-order valence-electron chi connectivity index (χ4n) is 0.775. The Morgan fingerprint density at radius 1 is 1.36 bits per heavy atom. The van der Waals surface area contributed by atoms with Gasteiger partial charge in [-0.05, 0) is 6.42 Å². The molecule has 0 saturated heterocycles. The van der Waals surface area contributed by atoms with Crippen LogP contribution in [0.3, 0.4) is 0 Å². The molecule has 0 heterocycles. The number of ether oxygens (including phenoxy) is 1. The summed E-state index contributed by atoms with van der Waals surface area (Å²) in [4.78, 5) is 0. The van der Waals surface area contributed by atoms with E-state index < -0.39 is 11.6 Å². The molecule has 0 aliphatic rings. The van der Waals surface area contributed by atoms with E-state index in [-0.39, 0.29) is 5.75 Å². The standard InChI is InChI=1S/C9H9F2O.BrH.Zn/c1-2-6-12-9-7(10)4-3-5-8(9)11;;/h4-5H,2,6H2,1H3;1H;/q-1;;+2/p-1.